The number of hydrogen-bond acceptors (Lipinski definition) is 3. The summed E-state index contributed by atoms with van der Waals surface area (Å²) >= 11 is 0. The van der Waals surface area contributed by atoms with Gasteiger partial charge in [-0.05, 0) is 31.4 Å². The van der Waals surface area contributed by atoms with Crippen LogP contribution in [0.1, 0.15) is 23.2 Å². The van der Waals surface area contributed by atoms with Crippen molar-refractivity contribution < 1.29 is 9.84 Å². The summed E-state index contributed by atoms with van der Waals surface area (Å²) in [6, 6.07) is 6.58. The van der Waals surface area contributed by atoms with Crippen molar-refractivity contribution in [1.29, 1.82) is 0 Å². The Morgan fingerprint density at radius 1 is 1.39 bits per heavy atom. The van der Waals surface area contributed by atoms with Crippen LogP contribution in [0.4, 0.5) is 0 Å². The predicted molar refractivity (Wildman–Crippen MR) is 91.5 cm³/mol. The lowest BCUT2D eigenvalue weighted by atomic mass is 9.75. The highest BCUT2D eigenvalue weighted by Gasteiger charge is 2.47. The molecule has 2 aromatic rings. The Bertz CT molecular complexity index is 723. The van der Waals surface area contributed by atoms with Crippen LogP contribution in [-0.2, 0) is 11.3 Å². The third-order valence-corrected chi connectivity index (χ3v) is 6.09. The average Bonchev–Trinajstić information content (AvgIpc) is 3.07. The summed E-state index contributed by atoms with van der Waals surface area (Å²) in [6.07, 6.45) is 0.982. The molecule has 2 atom stereocenters. The fourth-order valence-corrected chi connectivity index (χ4v) is 4.45. The SMILES string of the molecule is Cc1[nH]c2c(CN3C[C@@H]4COCC[C@]4(CO)C3)cccc2c1C. The maximum absolute atomic E-state index is 9.96. The van der Waals surface area contributed by atoms with Gasteiger partial charge in [-0.1, -0.05) is 18.2 Å². The number of para-hydroxylation sites is 1. The molecule has 0 radical (unpaired) electrons. The molecule has 0 spiro atoms. The molecule has 0 unspecified atom stereocenters. The highest BCUT2D eigenvalue weighted by Crippen LogP contribution is 2.42. The fourth-order valence-electron chi connectivity index (χ4n) is 4.45. The van der Waals surface area contributed by atoms with Gasteiger partial charge in [-0.2, -0.15) is 0 Å². The lowest BCUT2D eigenvalue weighted by Crippen LogP contribution is -2.41. The van der Waals surface area contributed by atoms with Gasteiger partial charge >= 0.3 is 0 Å². The first-order chi connectivity index (χ1) is 11.1. The van der Waals surface area contributed by atoms with Crippen LogP contribution in [0, 0.1) is 25.2 Å². The van der Waals surface area contributed by atoms with E-state index in [0.29, 0.717) is 5.92 Å². The van der Waals surface area contributed by atoms with Crippen LogP contribution in [0.15, 0.2) is 18.2 Å². The van der Waals surface area contributed by atoms with Crippen LogP contribution < -0.4 is 0 Å². The van der Waals surface area contributed by atoms with E-state index in [9.17, 15) is 5.11 Å². The number of benzene rings is 1. The van der Waals surface area contributed by atoms with Gasteiger partial charge in [0.15, 0.2) is 0 Å². The molecule has 4 heteroatoms. The second-order valence-corrected chi connectivity index (χ2v) is 7.43. The average molecular weight is 314 g/mol. The number of aromatic amines is 1. The number of nitrogens with zero attached hydrogens (tertiary/aromatic N) is 1. The van der Waals surface area contributed by atoms with Crippen molar-refractivity contribution in [3.8, 4) is 0 Å². The first-order valence-corrected chi connectivity index (χ1v) is 8.61. The number of aromatic nitrogens is 1. The van der Waals surface area contributed by atoms with E-state index in [2.05, 4.69) is 41.9 Å². The smallest absolute Gasteiger partial charge is 0.0513 e. The van der Waals surface area contributed by atoms with Crippen molar-refractivity contribution in [1.82, 2.24) is 9.88 Å². The maximum Gasteiger partial charge on any atom is 0.0513 e. The molecule has 2 fully saturated rings. The molecule has 0 bridgehead atoms. The van der Waals surface area contributed by atoms with E-state index < -0.39 is 0 Å². The zero-order chi connectivity index (χ0) is 16.0. The molecule has 4 nitrogen and oxygen atoms in total. The molecule has 3 heterocycles. The van der Waals surface area contributed by atoms with Gasteiger partial charge in [0.1, 0.15) is 0 Å². The zero-order valence-corrected chi connectivity index (χ0v) is 14.1. The van der Waals surface area contributed by atoms with Gasteiger partial charge in [0.25, 0.3) is 0 Å². The lowest BCUT2D eigenvalue weighted by molar-refractivity contribution is -0.0417. The molecule has 2 aliphatic rings. The van der Waals surface area contributed by atoms with Gasteiger partial charge in [0, 0.05) is 48.7 Å². The number of likely N-dealkylation sites (tertiary alicyclic amines) is 1. The standard InChI is InChI=1S/C19H26N2O2/c1-13-14(2)20-18-15(4-3-5-17(13)18)8-21-9-16-10-23-7-6-19(16,11-21)12-22/h3-5,16,20,22H,6-12H2,1-2H3/t16-,19-/m1/s1. The molecule has 1 aromatic heterocycles. The number of rotatable bonds is 3. The van der Waals surface area contributed by atoms with Crippen LogP contribution in [0.5, 0.6) is 0 Å². The van der Waals surface area contributed by atoms with Crippen molar-refractivity contribution >= 4 is 10.9 Å². The van der Waals surface area contributed by atoms with Crippen LogP contribution in [-0.4, -0.2) is 47.9 Å². The Hall–Kier alpha value is -1.36. The quantitative estimate of drug-likeness (QED) is 0.915. The highest BCUT2D eigenvalue weighted by atomic mass is 16.5. The lowest BCUT2D eigenvalue weighted by Gasteiger charge is -2.36. The van der Waals surface area contributed by atoms with E-state index in [0.717, 1.165) is 39.3 Å². The molecular formula is C19H26N2O2. The summed E-state index contributed by atoms with van der Waals surface area (Å²) < 4.78 is 5.65. The van der Waals surface area contributed by atoms with Gasteiger partial charge in [0.05, 0.1) is 18.7 Å². The van der Waals surface area contributed by atoms with Gasteiger partial charge in [0.2, 0.25) is 0 Å². The van der Waals surface area contributed by atoms with E-state index in [4.69, 9.17) is 4.74 Å². The molecule has 0 aliphatic carbocycles. The van der Waals surface area contributed by atoms with Gasteiger partial charge in [-0.25, -0.2) is 0 Å². The fraction of sp³-hybridized carbons (Fsp3) is 0.579. The van der Waals surface area contributed by atoms with Crippen molar-refractivity contribution in [2.45, 2.75) is 26.8 Å². The molecule has 2 N–H and O–H groups in total. The highest BCUT2D eigenvalue weighted by molar-refractivity contribution is 5.87. The van der Waals surface area contributed by atoms with Crippen LogP contribution in [0.2, 0.25) is 0 Å². The second-order valence-electron chi connectivity index (χ2n) is 7.43. The molecule has 4 rings (SSSR count). The monoisotopic (exact) mass is 314 g/mol. The summed E-state index contributed by atoms with van der Waals surface area (Å²) in [4.78, 5) is 6.05. The molecular weight excluding hydrogens is 288 g/mol. The number of aliphatic hydroxyl groups excluding tert-OH is 1. The first kappa shape index (κ1) is 15.2. The van der Waals surface area contributed by atoms with E-state index in [-0.39, 0.29) is 12.0 Å². The molecule has 2 aliphatic heterocycles. The summed E-state index contributed by atoms with van der Waals surface area (Å²) in [5.74, 6) is 0.465. The van der Waals surface area contributed by atoms with E-state index >= 15 is 0 Å². The zero-order valence-electron chi connectivity index (χ0n) is 14.1. The Balaban J connectivity index is 1.61. The Morgan fingerprint density at radius 3 is 3.04 bits per heavy atom. The van der Waals surface area contributed by atoms with E-state index in [1.165, 1.54) is 27.7 Å². The van der Waals surface area contributed by atoms with Gasteiger partial charge in [-0.3, -0.25) is 4.90 Å². The summed E-state index contributed by atoms with van der Waals surface area (Å²) in [5.41, 5.74) is 5.27. The summed E-state index contributed by atoms with van der Waals surface area (Å²) in [6.45, 7) is 9.12. The summed E-state index contributed by atoms with van der Waals surface area (Å²) in [7, 11) is 0. The topological polar surface area (TPSA) is 48.5 Å². The van der Waals surface area contributed by atoms with E-state index in [1.807, 2.05) is 0 Å². The molecule has 0 amide bonds. The minimum absolute atomic E-state index is 0.0493. The third-order valence-electron chi connectivity index (χ3n) is 6.09. The first-order valence-electron chi connectivity index (χ1n) is 8.61. The minimum atomic E-state index is 0.0493. The normalized spacial score (nSPS) is 28.4. The molecule has 0 saturated carbocycles. The minimum Gasteiger partial charge on any atom is -0.396 e. The Kier molecular flexibility index (Phi) is 3.71. The summed E-state index contributed by atoms with van der Waals surface area (Å²) in [5, 5.41) is 11.3. The number of H-pyrrole nitrogens is 1. The third kappa shape index (κ3) is 2.40. The Labute approximate surface area is 137 Å². The number of ether oxygens (including phenoxy) is 1. The molecule has 2 saturated heterocycles. The maximum atomic E-state index is 9.96. The van der Waals surface area contributed by atoms with Crippen LogP contribution >= 0.6 is 0 Å². The number of fused-ring (bicyclic) bond motifs is 2. The largest absolute Gasteiger partial charge is 0.396 e. The van der Waals surface area contributed by atoms with Gasteiger partial charge < -0.3 is 14.8 Å². The molecule has 1 aromatic carbocycles. The van der Waals surface area contributed by atoms with Crippen LogP contribution in [0.25, 0.3) is 10.9 Å². The molecule has 124 valence electrons. The Morgan fingerprint density at radius 2 is 2.26 bits per heavy atom. The second kappa shape index (κ2) is 5.62. The van der Waals surface area contributed by atoms with Gasteiger partial charge in [-0.15, -0.1) is 0 Å². The predicted octanol–water partition coefficient (Wildman–Crippen LogP) is 2.62. The van der Waals surface area contributed by atoms with Crippen molar-refractivity contribution in [3.05, 3.63) is 35.0 Å². The number of aryl methyl sites for hydroxylation is 2. The number of hydrogen-bond donors (Lipinski definition) is 2. The van der Waals surface area contributed by atoms with Crippen molar-refractivity contribution in [2.75, 3.05) is 32.9 Å². The van der Waals surface area contributed by atoms with E-state index in [1.54, 1.807) is 0 Å². The molecule has 23 heavy (non-hydrogen) atoms. The van der Waals surface area contributed by atoms with Crippen molar-refractivity contribution in [2.24, 2.45) is 11.3 Å². The number of aliphatic hydroxyl groups is 1. The van der Waals surface area contributed by atoms with Crippen LogP contribution in [0.3, 0.4) is 0 Å². The van der Waals surface area contributed by atoms with Crippen molar-refractivity contribution in [3.63, 3.8) is 0 Å². The number of nitrogens with one attached hydrogen (secondary N) is 1.